The van der Waals surface area contributed by atoms with E-state index in [9.17, 15) is 23.6 Å². The van der Waals surface area contributed by atoms with Crippen molar-refractivity contribution in [2.45, 2.75) is 78.1 Å². The van der Waals surface area contributed by atoms with Gasteiger partial charge in [-0.1, -0.05) is 67.9 Å². The third-order valence-electron chi connectivity index (χ3n) is 9.76. The number of amides is 3. The van der Waals surface area contributed by atoms with Crippen LogP contribution in [0.4, 0.5) is 9.18 Å². The van der Waals surface area contributed by atoms with Crippen molar-refractivity contribution >= 4 is 35.5 Å². The number of nitrogens with one attached hydrogen (secondary N) is 1. The molecule has 3 aliphatic carbocycles. The van der Waals surface area contributed by atoms with Gasteiger partial charge in [0.25, 0.3) is 5.91 Å². The van der Waals surface area contributed by atoms with Crippen molar-refractivity contribution in [3.05, 3.63) is 88.3 Å². The fraction of sp³-hybridized carbons (Fsp3) is 0.447. The molecular weight excluding hydrogens is 677 g/mol. The van der Waals surface area contributed by atoms with Crippen LogP contribution in [-0.4, -0.2) is 56.3 Å². The number of rotatable bonds is 7. The summed E-state index contributed by atoms with van der Waals surface area (Å²) in [6.07, 6.45) is 5.34. The summed E-state index contributed by atoms with van der Waals surface area (Å²) >= 11 is 5.88. The highest BCUT2D eigenvalue weighted by Crippen LogP contribution is 2.34. The summed E-state index contributed by atoms with van der Waals surface area (Å²) in [7, 11) is 0. The number of benzene rings is 2. The molecule has 0 atom stereocenters. The van der Waals surface area contributed by atoms with Gasteiger partial charge in [0, 0.05) is 18.2 Å². The molecule has 0 spiro atoms. The van der Waals surface area contributed by atoms with Crippen molar-refractivity contribution in [2.24, 2.45) is 29.4 Å². The zero-order valence-electron chi connectivity index (χ0n) is 28.9. The molecule has 3 fully saturated rings. The number of carboxylic acids is 1. The normalized spacial score (nSPS) is 21.9. The highest BCUT2D eigenvalue weighted by atomic mass is 35.5. The summed E-state index contributed by atoms with van der Waals surface area (Å²) in [6.45, 7) is 9.57. The van der Waals surface area contributed by atoms with Crippen LogP contribution in [0.15, 0.2) is 60.7 Å². The predicted octanol–water partition coefficient (Wildman–Crippen LogP) is 6.58. The number of urea groups is 1. The minimum absolute atomic E-state index is 0.0231. The van der Waals surface area contributed by atoms with Gasteiger partial charge in [0.2, 0.25) is 0 Å². The number of esters is 1. The molecule has 4 N–H and O–H groups in total. The van der Waals surface area contributed by atoms with Gasteiger partial charge in [-0.15, -0.1) is 0 Å². The topological polar surface area (TPSA) is 157 Å². The van der Waals surface area contributed by atoms with E-state index in [1.54, 1.807) is 9.58 Å². The molecule has 11 nitrogen and oxygen atoms in total. The van der Waals surface area contributed by atoms with E-state index < -0.39 is 17.7 Å². The Morgan fingerprint density at radius 2 is 1.69 bits per heavy atom. The van der Waals surface area contributed by atoms with E-state index in [-0.39, 0.29) is 47.0 Å². The molecule has 1 aromatic heterocycles. The zero-order valence-corrected chi connectivity index (χ0v) is 29.7. The van der Waals surface area contributed by atoms with Crippen LogP contribution in [0.5, 0.6) is 0 Å². The Morgan fingerprint density at radius 1 is 1.02 bits per heavy atom. The molecule has 3 aromatic rings. The maximum absolute atomic E-state index is 13.5. The Labute approximate surface area is 302 Å². The van der Waals surface area contributed by atoms with Crippen molar-refractivity contribution in [3.63, 3.8) is 0 Å². The van der Waals surface area contributed by atoms with E-state index in [0.717, 1.165) is 49.7 Å². The number of aliphatic carboxylic acids is 1. The number of ether oxygens (including phenoxy) is 1. The molecular formula is C38H45ClFN5O6. The number of fused-ring (bicyclic) bond motifs is 1. The first-order chi connectivity index (χ1) is 24.3. The minimum atomic E-state index is -0.647. The van der Waals surface area contributed by atoms with Gasteiger partial charge in [-0.05, 0) is 74.1 Å². The summed E-state index contributed by atoms with van der Waals surface area (Å²) in [4.78, 5) is 48.0. The molecule has 0 unspecified atom stereocenters. The molecule has 13 heteroatoms. The number of hydrogen-bond acceptors (Lipinski definition) is 6. The van der Waals surface area contributed by atoms with Crippen LogP contribution < -0.4 is 11.1 Å². The standard InChI is InChI=1S/C19H21ClFN5O2.C13H14O2.C6H10O2/c1-10-6-12(7-10)23-19(28)25-4-5-26-15(9-25)16(18(22)27)17(24-26)11-2-3-14(21)13(20)8-11;1-10-7-12(8-10)13(14)15-9-11-5-3-2-4-6-11;1-4-2-5(3-4)6(7)8/h2-3,8,10,12H,4-7,9H2,1H3,(H2,22,27)(H,23,28);2-6,12H,1,7-9H2;4-5H,2-3H2,1H3,(H,7,8). The second kappa shape index (κ2) is 16.5. The number of carboxylic acid groups (broad SMARTS) is 1. The van der Waals surface area contributed by atoms with Gasteiger partial charge in [0.05, 0.1) is 41.2 Å². The number of hydrogen-bond donors (Lipinski definition) is 3. The third-order valence-corrected chi connectivity index (χ3v) is 10.0. The molecule has 51 heavy (non-hydrogen) atoms. The molecule has 2 heterocycles. The number of halogens is 2. The van der Waals surface area contributed by atoms with Gasteiger partial charge >= 0.3 is 18.0 Å². The summed E-state index contributed by atoms with van der Waals surface area (Å²) in [6, 6.07) is 13.9. The first-order valence-corrected chi connectivity index (χ1v) is 17.7. The van der Waals surface area contributed by atoms with Crippen LogP contribution in [0.2, 0.25) is 5.02 Å². The molecule has 3 amide bonds. The number of nitrogens with two attached hydrogens (primary N) is 1. The first kappa shape index (κ1) is 37.5. The zero-order chi connectivity index (χ0) is 36.8. The van der Waals surface area contributed by atoms with Gasteiger partial charge in [0.1, 0.15) is 18.1 Å². The number of aromatic nitrogens is 2. The second-order valence-electron chi connectivity index (χ2n) is 14.1. The molecule has 0 radical (unpaired) electrons. The van der Waals surface area contributed by atoms with E-state index in [0.29, 0.717) is 48.5 Å². The van der Waals surface area contributed by atoms with Gasteiger partial charge in [-0.2, -0.15) is 5.10 Å². The summed E-state index contributed by atoms with van der Waals surface area (Å²) < 4.78 is 20.4. The van der Waals surface area contributed by atoms with Crippen LogP contribution in [0.1, 0.15) is 74.0 Å². The number of allylic oxidation sites excluding steroid dienone is 1. The number of primary amides is 1. The smallest absolute Gasteiger partial charge is 0.318 e. The number of carbonyl (C=O) groups is 4. The Morgan fingerprint density at radius 3 is 2.24 bits per heavy atom. The summed E-state index contributed by atoms with van der Waals surface area (Å²) in [5.41, 5.74) is 9.46. The van der Waals surface area contributed by atoms with E-state index >= 15 is 0 Å². The van der Waals surface area contributed by atoms with Crippen LogP contribution >= 0.6 is 11.6 Å². The summed E-state index contributed by atoms with van der Waals surface area (Å²) in [5, 5.41) is 15.8. The van der Waals surface area contributed by atoms with Gasteiger partial charge < -0.3 is 25.8 Å². The maximum Gasteiger partial charge on any atom is 0.318 e. The lowest BCUT2D eigenvalue weighted by atomic mass is 9.76. The predicted molar refractivity (Wildman–Crippen MR) is 190 cm³/mol. The first-order valence-electron chi connectivity index (χ1n) is 17.3. The minimum Gasteiger partial charge on any atom is -0.481 e. The van der Waals surface area contributed by atoms with Crippen molar-refractivity contribution in [2.75, 3.05) is 6.54 Å². The largest absolute Gasteiger partial charge is 0.481 e. The Kier molecular flexibility index (Phi) is 12.2. The van der Waals surface area contributed by atoms with Gasteiger partial charge in [0.15, 0.2) is 0 Å². The second-order valence-corrected chi connectivity index (χ2v) is 14.5. The molecule has 4 aliphatic rings. The van der Waals surface area contributed by atoms with Crippen molar-refractivity contribution in [1.82, 2.24) is 20.0 Å². The van der Waals surface area contributed by atoms with Gasteiger partial charge in [-0.25, -0.2) is 9.18 Å². The van der Waals surface area contributed by atoms with E-state index in [1.165, 1.54) is 18.2 Å². The van der Waals surface area contributed by atoms with Crippen molar-refractivity contribution in [1.29, 1.82) is 0 Å². The van der Waals surface area contributed by atoms with E-state index in [1.807, 2.05) is 30.3 Å². The molecule has 0 saturated heterocycles. The number of carbonyl (C=O) groups excluding carboxylic acids is 3. The highest BCUT2D eigenvalue weighted by molar-refractivity contribution is 6.31. The molecule has 3 saturated carbocycles. The highest BCUT2D eigenvalue weighted by Gasteiger charge is 2.33. The molecule has 0 bridgehead atoms. The quantitative estimate of drug-likeness (QED) is 0.184. The van der Waals surface area contributed by atoms with Crippen LogP contribution in [0.25, 0.3) is 11.3 Å². The van der Waals surface area contributed by atoms with Crippen molar-refractivity contribution < 1.29 is 33.4 Å². The van der Waals surface area contributed by atoms with Crippen molar-refractivity contribution in [3.8, 4) is 11.3 Å². The van der Waals surface area contributed by atoms with Crippen LogP contribution in [0.3, 0.4) is 0 Å². The van der Waals surface area contributed by atoms with E-state index in [2.05, 4.69) is 30.8 Å². The number of nitrogens with zero attached hydrogens (tertiary/aromatic N) is 3. The van der Waals surface area contributed by atoms with E-state index in [4.69, 9.17) is 27.2 Å². The maximum atomic E-state index is 13.5. The third kappa shape index (κ3) is 9.55. The molecule has 1 aliphatic heterocycles. The average Bonchev–Trinajstić information content (AvgIpc) is 3.45. The fourth-order valence-corrected chi connectivity index (χ4v) is 6.82. The lowest BCUT2D eigenvalue weighted by Gasteiger charge is -2.36. The molecule has 272 valence electrons. The molecule has 2 aromatic carbocycles. The monoisotopic (exact) mass is 721 g/mol. The van der Waals surface area contributed by atoms with Crippen LogP contribution in [0, 0.1) is 29.5 Å². The summed E-state index contributed by atoms with van der Waals surface area (Å²) in [5.74, 6) is -0.591. The lowest BCUT2D eigenvalue weighted by molar-refractivity contribution is -0.151. The fourth-order valence-electron chi connectivity index (χ4n) is 6.64. The van der Waals surface area contributed by atoms with Crippen LogP contribution in [-0.2, 0) is 34.0 Å². The SMILES string of the molecule is C=C1CC(C(=O)OCc2ccccc2)C1.CC1CC(C(=O)O)C1.CC1CC(NC(=O)N2CCn3nc(-c4ccc(F)c(Cl)c4)c(C(N)=O)c3C2)C1. The Balaban J connectivity index is 0.000000181. The Bertz CT molecular complexity index is 1760. The Hall–Kier alpha value is -4.71. The lowest BCUT2D eigenvalue weighted by Crippen LogP contribution is -2.51. The molecule has 7 rings (SSSR count). The van der Waals surface area contributed by atoms with Gasteiger partial charge in [-0.3, -0.25) is 19.1 Å². The average molecular weight is 722 g/mol.